The number of nitrogens with zero attached hydrogens (tertiary/aromatic N) is 1. The van der Waals surface area contributed by atoms with Gasteiger partial charge in [-0.2, -0.15) is 0 Å². The van der Waals surface area contributed by atoms with Gasteiger partial charge >= 0.3 is 5.97 Å². The van der Waals surface area contributed by atoms with E-state index in [2.05, 4.69) is 4.98 Å². The van der Waals surface area contributed by atoms with E-state index in [1.807, 2.05) is 6.07 Å². The summed E-state index contributed by atoms with van der Waals surface area (Å²) >= 11 is 1.40. The molecule has 5 heteroatoms. The van der Waals surface area contributed by atoms with Crippen LogP contribution in [0.25, 0.3) is 0 Å². The Bertz CT molecular complexity index is 536. The summed E-state index contributed by atoms with van der Waals surface area (Å²) in [5, 5.41) is 18.0. The van der Waals surface area contributed by atoms with Gasteiger partial charge in [-0.1, -0.05) is 12.1 Å². The molecule has 0 aliphatic heterocycles. The standard InChI is InChI=1S/C12H11NO3S/c14-6-11-10(13-7-17-11)5-8-2-1-3-9(4-8)12(15)16/h1-4,7,14H,5-6H2,(H,15,16). The topological polar surface area (TPSA) is 70.4 Å². The average Bonchev–Trinajstić information content (AvgIpc) is 2.76. The lowest BCUT2D eigenvalue weighted by molar-refractivity contribution is 0.0696. The Morgan fingerprint density at radius 3 is 2.94 bits per heavy atom. The minimum atomic E-state index is -0.937. The monoisotopic (exact) mass is 249 g/mol. The summed E-state index contributed by atoms with van der Waals surface area (Å²) in [6.07, 6.45) is 0.542. The first-order chi connectivity index (χ1) is 8.20. The smallest absolute Gasteiger partial charge is 0.335 e. The summed E-state index contributed by atoms with van der Waals surface area (Å²) in [5.74, 6) is -0.937. The molecule has 0 atom stereocenters. The fourth-order valence-electron chi connectivity index (χ4n) is 1.57. The molecule has 88 valence electrons. The van der Waals surface area contributed by atoms with Crippen LogP contribution in [0, 0.1) is 0 Å². The Labute approximate surface area is 102 Å². The molecule has 0 saturated heterocycles. The molecule has 0 aliphatic carbocycles. The second-order valence-corrected chi connectivity index (χ2v) is 4.50. The Kier molecular flexibility index (Phi) is 3.51. The van der Waals surface area contributed by atoms with Gasteiger partial charge in [0.2, 0.25) is 0 Å². The Morgan fingerprint density at radius 1 is 1.41 bits per heavy atom. The first-order valence-electron chi connectivity index (χ1n) is 5.05. The van der Waals surface area contributed by atoms with Gasteiger partial charge in [0.1, 0.15) is 0 Å². The molecule has 0 radical (unpaired) electrons. The van der Waals surface area contributed by atoms with Crippen LogP contribution < -0.4 is 0 Å². The largest absolute Gasteiger partial charge is 0.478 e. The predicted molar refractivity (Wildman–Crippen MR) is 64.2 cm³/mol. The molecule has 0 fully saturated rings. The Balaban J connectivity index is 2.24. The number of rotatable bonds is 4. The fraction of sp³-hybridized carbons (Fsp3) is 0.167. The van der Waals surface area contributed by atoms with Crippen molar-refractivity contribution in [1.29, 1.82) is 0 Å². The predicted octanol–water partition coefficient (Wildman–Crippen LogP) is 1.92. The van der Waals surface area contributed by atoms with Crippen LogP contribution in [0.3, 0.4) is 0 Å². The maximum absolute atomic E-state index is 10.8. The van der Waals surface area contributed by atoms with Crippen molar-refractivity contribution in [2.75, 3.05) is 0 Å². The molecule has 2 N–H and O–H groups in total. The van der Waals surface area contributed by atoms with Gasteiger partial charge in [0.05, 0.1) is 28.3 Å². The van der Waals surface area contributed by atoms with E-state index in [4.69, 9.17) is 10.2 Å². The third-order valence-electron chi connectivity index (χ3n) is 2.41. The van der Waals surface area contributed by atoms with E-state index in [-0.39, 0.29) is 12.2 Å². The van der Waals surface area contributed by atoms with E-state index in [0.717, 1.165) is 16.1 Å². The SMILES string of the molecule is O=C(O)c1cccc(Cc2ncsc2CO)c1. The van der Waals surface area contributed by atoms with Crippen LogP contribution in [-0.2, 0) is 13.0 Å². The summed E-state index contributed by atoms with van der Waals surface area (Å²) in [6, 6.07) is 6.75. The third kappa shape index (κ3) is 2.69. The number of aliphatic hydroxyl groups excluding tert-OH is 1. The quantitative estimate of drug-likeness (QED) is 0.868. The number of benzene rings is 1. The lowest BCUT2D eigenvalue weighted by Gasteiger charge is -2.02. The summed E-state index contributed by atoms with van der Waals surface area (Å²) in [5.41, 5.74) is 3.64. The highest BCUT2D eigenvalue weighted by Gasteiger charge is 2.08. The zero-order chi connectivity index (χ0) is 12.3. The van der Waals surface area contributed by atoms with Gasteiger partial charge in [-0.25, -0.2) is 9.78 Å². The Hall–Kier alpha value is -1.72. The number of carbonyl (C=O) groups is 1. The molecule has 4 nitrogen and oxygen atoms in total. The van der Waals surface area contributed by atoms with Crippen molar-refractivity contribution >= 4 is 17.3 Å². The maximum atomic E-state index is 10.8. The van der Waals surface area contributed by atoms with Crippen molar-refractivity contribution in [2.45, 2.75) is 13.0 Å². The van der Waals surface area contributed by atoms with E-state index >= 15 is 0 Å². The molecule has 2 rings (SSSR count). The van der Waals surface area contributed by atoms with Crippen LogP contribution in [0.15, 0.2) is 29.8 Å². The van der Waals surface area contributed by atoms with E-state index < -0.39 is 5.97 Å². The normalized spacial score (nSPS) is 10.4. The minimum absolute atomic E-state index is 0.0291. The van der Waals surface area contributed by atoms with Crippen molar-refractivity contribution in [1.82, 2.24) is 4.98 Å². The molecule has 1 aromatic heterocycles. The lowest BCUT2D eigenvalue weighted by Crippen LogP contribution is -1.99. The zero-order valence-electron chi connectivity index (χ0n) is 8.96. The number of aromatic carboxylic acids is 1. The molecule has 0 saturated carbocycles. The van der Waals surface area contributed by atoms with Crippen LogP contribution >= 0.6 is 11.3 Å². The average molecular weight is 249 g/mol. The third-order valence-corrected chi connectivity index (χ3v) is 3.27. The number of aliphatic hydroxyl groups is 1. The number of carboxylic acid groups (broad SMARTS) is 1. The highest BCUT2D eigenvalue weighted by molar-refractivity contribution is 7.09. The first kappa shape index (κ1) is 11.8. The molecule has 1 aromatic carbocycles. The highest BCUT2D eigenvalue weighted by Crippen LogP contribution is 2.17. The van der Waals surface area contributed by atoms with Crippen LogP contribution in [0.4, 0.5) is 0 Å². The van der Waals surface area contributed by atoms with Gasteiger partial charge in [0.25, 0.3) is 0 Å². The van der Waals surface area contributed by atoms with E-state index in [1.165, 1.54) is 11.3 Å². The van der Waals surface area contributed by atoms with Gasteiger partial charge < -0.3 is 10.2 Å². The van der Waals surface area contributed by atoms with E-state index in [0.29, 0.717) is 6.42 Å². The number of carboxylic acids is 1. The molecule has 1 heterocycles. The van der Waals surface area contributed by atoms with Crippen molar-refractivity contribution in [3.05, 3.63) is 51.5 Å². The van der Waals surface area contributed by atoms with Gasteiger partial charge in [-0.15, -0.1) is 11.3 Å². The highest BCUT2D eigenvalue weighted by atomic mass is 32.1. The van der Waals surface area contributed by atoms with Crippen LogP contribution in [0.1, 0.15) is 26.5 Å². The summed E-state index contributed by atoms with van der Waals surface area (Å²) < 4.78 is 0. The molecule has 0 amide bonds. The van der Waals surface area contributed by atoms with Gasteiger partial charge in [0.15, 0.2) is 0 Å². The van der Waals surface area contributed by atoms with Crippen molar-refractivity contribution in [3.63, 3.8) is 0 Å². The zero-order valence-corrected chi connectivity index (χ0v) is 9.78. The summed E-state index contributed by atoms with van der Waals surface area (Å²) in [6.45, 7) is -0.0291. The van der Waals surface area contributed by atoms with Crippen molar-refractivity contribution < 1.29 is 15.0 Å². The molecule has 0 spiro atoms. The van der Waals surface area contributed by atoms with Crippen molar-refractivity contribution in [2.24, 2.45) is 0 Å². The fourth-order valence-corrected chi connectivity index (χ4v) is 2.22. The summed E-state index contributed by atoms with van der Waals surface area (Å²) in [7, 11) is 0. The second-order valence-electron chi connectivity index (χ2n) is 3.56. The molecule has 2 aromatic rings. The molecule has 0 bridgehead atoms. The number of aromatic nitrogens is 1. The molecule has 17 heavy (non-hydrogen) atoms. The minimum Gasteiger partial charge on any atom is -0.478 e. The molecular weight excluding hydrogens is 238 g/mol. The van der Waals surface area contributed by atoms with E-state index in [1.54, 1.807) is 23.7 Å². The first-order valence-corrected chi connectivity index (χ1v) is 5.93. The lowest BCUT2D eigenvalue weighted by atomic mass is 10.1. The second kappa shape index (κ2) is 5.07. The van der Waals surface area contributed by atoms with Gasteiger partial charge in [-0.05, 0) is 17.7 Å². The van der Waals surface area contributed by atoms with Crippen LogP contribution in [0.5, 0.6) is 0 Å². The van der Waals surface area contributed by atoms with Gasteiger partial charge in [-0.3, -0.25) is 0 Å². The Morgan fingerprint density at radius 2 is 2.24 bits per heavy atom. The summed E-state index contributed by atoms with van der Waals surface area (Å²) in [4.78, 5) is 15.8. The van der Waals surface area contributed by atoms with Crippen LogP contribution in [0.2, 0.25) is 0 Å². The number of thiazole rings is 1. The molecule has 0 aliphatic rings. The molecular formula is C12H11NO3S. The van der Waals surface area contributed by atoms with Crippen LogP contribution in [-0.4, -0.2) is 21.2 Å². The number of hydrogen-bond donors (Lipinski definition) is 2. The van der Waals surface area contributed by atoms with Gasteiger partial charge in [0, 0.05) is 6.42 Å². The number of hydrogen-bond acceptors (Lipinski definition) is 4. The molecule has 0 unspecified atom stereocenters. The maximum Gasteiger partial charge on any atom is 0.335 e. The van der Waals surface area contributed by atoms with Crippen molar-refractivity contribution in [3.8, 4) is 0 Å². The van der Waals surface area contributed by atoms with E-state index in [9.17, 15) is 4.79 Å².